The third-order valence-corrected chi connectivity index (χ3v) is 7.76. The van der Waals surface area contributed by atoms with Crippen molar-refractivity contribution in [1.29, 1.82) is 0 Å². The third-order valence-electron chi connectivity index (χ3n) is 5.74. The fourth-order valence-corrected chi connectivity index (χ4v) is 5.98. The van der Waals surface area contributed by atoms with Gasteiger partial charge in [-0.15, -0.1) is 23.1 Å². The molecule has 1 fully saturated rings. The molecule has 4 N–H and O–H groups in total. The Morgan fingerprint density at radius 3 is 2.97 bits per heavy atom. The summed E-state index contributed by atoms with van der Waals surface area (Å²) in [5.74, 6) is -2.20. The summed E-state index contributed by atoms with van der Waals surface area (Å²) in [6, 6.07) is 2.85. The maximum Gasteiger partial charge on any atom is 0.352 e. The number of aromatic nitrogens is 3. The summed E-state index contributed by atoms with van der Waals surface area (Å²) in [5, 5.41) is 17.3. The van der Waals surface area contributed by atoms with Crippen LogP contribution in [0.15, 0.2) is 58.7 Å². The van der Waals surface area contributed by atoms with Crippen LogP contribution in [0.25, 0.3) is 5.52 Å². The molecule has 15 heteroatoms. The molecule has 2 atom stereocenters. The molecule has 0 bridgehead atoms. The number of carboxylic acid groups (broad SMARTS) is 1. The van der Waals surface area contributed by atoms with Gasteiger partial charge >= 0.3 is 5.97 Å². The lowest BCUT2D eigenvalue weighted by molar-refractivity contribution is -0.688. The Bertz CT molecular complexity index is 1450. The first-order chi connectivity index (χ1) is 17.9. The fourth-order valence-electron chi connectivity index (χ4n) is 4.10. The van der Waals surface area contributed by atoms with Crippen LogP contribution in [0.2, 0.25) is 0 Å². The van der Waals surface area contributed by atoms with E-state index in [0.29, 0.717) is 11.3 Å². The number of fused-ring (bicyclic) bond motifs is 2. The number of hydrogen-bond acceptors (Lipinski definition) is 9. The normalized spacial score (nSPS) is 19.5. The van der Waals surface area contributed by atoms with Crippen molar-refractivity contribution in [2.75, 3.05) is 24.8 Å². The number of alkyl halides is 1. The number of carboxylic acids is 1. The minimum absolute atomic E-state index is 0.0885. The average molecular weight is 547 g/mol. The lowest BCUT2D eigenvalue weighted by atomic mass is 10.0. The Morgan fingerprint density at radius 1 is 1.41 bits per heavy atom. The van der Waals surface area contributed by atoms with Gasteiger partial charge < -0.3 is 25.4 Å². The second kappa shape index (κ2) is 10.2. The topological polar surface area (TPSA) is 155 Å². The van der Waals surface area contributed by atoms with E-state index in [-0.39, 0.29) is 35.4 Å². The number of aliphatic carboxylic acids is 1. The maximum absolute atomic E-state index is 13.0. The Morgan fingerprint density at radius 2 is 2.24 bits per heavy atom. The Hall–Kier alpha value is -3.98. The number of hydrogen-bond donors (Lipinski definition) is 3. The molecular weight excluding hydrogens is 525 g/mol. The lowest BCUT2D eigenvalue weighted by Gasteiger charge is -2.49. The van der Waals surface area contributed by atoms with Crippen LogP contribution in [0, 0.1) is 0 Å². The highest BCUT2D eigenvalue weighted by Crippen LogP contribution is 2.40. The highest BCUT2D eigenvalue weighted by atomic mass is 32.2. The second-order valence-corrected chi connectivity index (χ2v) is 10.1. The molecule has 37 heavy (non-hydrogen) atoms. The van der Waals surface area contributed by atoms with E-state index in [1.807, 2.05) is 45.9 Å². The molecule has 0 unspecified atom stereocenters. The van der Waals surface area contributed by atoms with Crippen molar-refractivity contribution >= 4 is 57.2 Å². The van der Waals surface area contributed by atoms with Gasteiger partial charge in [0.25, 0.3) is 11.8 Å². The Balaban J connectivity index is 1.34. The van der Waals surface area contributed by atoms with Gasteiger partial charge in [0.05, 0.1) is 6.20 Å². The molecule has 12 nitrogen and oxygen atoms in total. The molecule has 0 aromatic carbocycles. The zero-order chi connectivity index (χ0) is 26.1. The summed E-state index contributed by atoms with van der Waals surface area (Å²) < 4.78 is 16.2. The lowest BCUT2D eigenvalue weighted by Crippen LogP contribution is -2.71. The summed E-state index contributed by atoms with van der Waals surface area (Å²) in [6.45, 7) is -0.884. The standard InChI is InChI=1S/C22H20FN7O5S2/c23-3-7-35-27-15(14-11-37-22(24)25-14)18(31)26-16-19(32)30-17(21(33)34)12(10-36-20(16)30)8-28-5-6-29-4-1-2-13(29)9-28/h1-2,4-6,9,11,16,20H,3,7-8,10H2,(H3-,24,25,26,31,33,34)/p+1/t16-,20+/m1/s1. The molecule has 3 aromatic heterocycles. The monoisotopic (exact) mass is 546 g/mol. The minimum Gasteiger partial charge on any atom is -0.477 e. The van der Waals surface area contributed by atoms with Crippen LogP contribution in [0.1, 0.15) is 5.69 Å². The predicted molar refractivity (Wildman–Crippen MR) is 132 cm³/mol. The molecule has 0 spiro atoms. The number of halogens is 1. The minimum atomic E-state index is -1.22. The third kappa shape index (κ3) is 4.74. The largest absolute Gasteiger partial charge is 0.477 e. The number of thioether (sulfide) groups is 1. The summed E-state index contributed by atoms with van der Waals surface area (Å²) in [5.41, 5.74) is 6.93. The molecule has 2 aliphatic heterocycles. The Labute approximate surface area is 217 Å². The van der Waals surface area contributed by atoms with Crippen LogP contribution in [0.4, 0.5) is 9.52 Å². The number of nitrogen functional groups attached to an aromatic ring is 1. The van der Waals surface area contributed by atoms with E-state index in [1.54, 1.807) is 0 Å². The van der Waals surface area contributed by atoms with E-state index in [2.05, 4.69) is 15.5 Å². The molecule has 5 heterocycles. The number of rotatable bonds is 9. The van der Waals surface area contributed by atoms with Crippen molar-refractivity contribution < 1.29 is 33.3 Å². The number of carbonyl (C=O) groups excluding carboxylic acids is 2. The van der Waals surface area contributed by atoms with E-state index in [0.717, 1.165) is 16.9 Å². The molecule has 2 amide bonds. The number of thiazole rings is 1. The maximum atomic E-state index is 13.0. The van der Waals surface area contributed by atoms with Crippen LogP contribution < -0.4 is 15.6 Å². The number of nitrogens with one attached hydrogen (secondary N) is 1. The second-order valence-electron chi connectivity index (χ2n) is 8.09. The first-order valence-electron chi connectivity index (χ1n) is 11.0. The zero-order valence-electron chi connectivity index (χ0n) is 19.1. The van der Waals surface area contributed by atoms with Crippen molar-refractivity contribution in [3.05, 3.63) is 59.3 Å². The van der Waals surface area contributed by atoms with Crippen LogP contribution in [0.3, 0.4) is 0 Å². The smallest absolute Gasteiger partial charge is 0.352 e. The van der Waals surface area contributed by atoms with Crippen molar-refractivity contribution in [3.8, 4) is 0 Å². The molecule has 3 aromatic rings. The quantitative estimate of drug-likeness (QED) is 0.114. The van der Waals surface area contributed by atoms with Gasteiger partial charge in [0.1, 0.15) is 41.6 Å². The van der Waals surface area contributed by atoms with Gasteiger partial charge in [-0.05, 0) is 12.1 Å². The molecule has 0 radical (unpaired) electrons. The van der Waals surface area contributed by atoms with Gasteiger partial charge in [-0.25, -0.2) is 14.2 Å². The van der Waals surface area contributed by atoms with Gasteiger partial charge in [0, 0.05) is 22.9 Å². The van der Waals surface area contributed by atoms with E-state index < -0.39 is 35.9 Å². The summed E-state index contributed by atoms with van der Waals surface area (Å²) in [7, 11) is 0. The fraction of sp³-hybridized carbons (Fsp3) is 0.273. The first kappa shape index (κ1) is 24.7. The van der Waals surface area contributed by atoms with Crippen LogP contribution in [-0.4, -0.2) is 73.3 Å². The van der Waals surface area contributed by atoms with Crippen LogP contribution in [-0.2, 0) is 25.8 Å². The molecule has 192 valence electrons. The van der Waals surface area contributed by atoms with Crippen LogP contribution >= 0.6 is 23.1 Å². The van der Waals surface area contributed by atoms with E-state index in [9.17, 15) is 23.9 Å². The van der Waals surface area contributed by atoms with Gasteiger partial charge in [-0.2, -0.15) is 4.57 Å². The number of nitrogens with two attached hydrogens (primary N) is 1. The van der Waals surface area contributed by atoms with Gasteiger partial charge in [-0.1, -0.05) is 5.16 Å². The molecular formula is C22H21FN7O5S2+. The SMILES string of the molecule is Nc1nc(C(=NOCCF)C(=O)N[C@@H]2C(=O)N3C(C(=O)O)=C(C[n+]4ccn5cccc5c4)CS[C@@H]23)cs1. The molecule has 0 aliphatic carbocycles. The van der Waals surface area contributed by atoms with Crippen molar-refractivity contribution in [1.82, 2.24) is 19.6 Å². The van der Waals surface area contributed by atoms with E-state index in [1.165, 1.54) is 22.0 Å². The van der Waals surface area contributed by atoms with Crippen molar-refractivity contribution in [2.45, 2.75) is 18.0 Å². The Kier molecular flexibility index (Phi) is 6.80. The average Bonchev–Trinajstić information content (AvgIpc) is 3.53. The predicted octanol–water partition coefficient (Wildman–Crippen LogP) is 0.395. The highest BCUT2D eigenvalue weighted by Gasteiger charge is 2.54. The van der Waals surface area contributed by atoms with Gasteiger partial charge in [-0.3, -0.25) is 14.5 Å². The zero-order valence-corrected chi connectivity index (χ0v) is 20.7. The van der Waals surface area contributed by atoms with E-state index >= 15 is 0 Å². The number of carbonyl (C=O) groups is 3. The number of nitrogens with zero attached hydrogens (tertiary/aromatic N) is 5. The number of anilines is 1. The van der Waals surface area contributed by atoms with Crippen LogP contribution in [0.5, 0.6) is 0 Å². The molecule has 0 saturated carbocycles. The molecule has 5 rings (SSSR count). The summed E-state index contributed by atoms with van der Waals surface area (Å²) in [6.07, 6.45) is 7.49. The molecule has 2 aliphatic rings. The van der Waals surface area contributed by atoms with Gasteiger partial charge in [0.2, 0.25) is 0 Å². The number of amides is 2. The highest BCUT2D eigenvalue weighted by molar-refractivity contribution is 8.00. The summed E-state index contributed by atoms with van der Waals surface area (Å²) in [4.78, 5) is 48.2. The summed E-state index contributed by atoms with van der Waals surface area (Å²) >= 11 is 2.42. The number of oxime groups is 1. The number of β-lactam (4-membered cyclic amide) rings is 1. The van der Waals surface area contributed by atoms with E-state index in [4.69, 9.17) is 10.6 Å². The molecule has 1 saturated heterocycles. The first-order valence-corrected chi connectivity index (χ1v) is 12.9. The van der Waals surface area contributed by atoms with Crippen molar-refractivity contribution in [2.24, 2.45) is 5.16 Å². The van der Waals surface area contributed by atoms with Crippen molar-refractivity contribution in [3.63, 3.8) is 0 Å². The van der Waals surface area contributed by atoms with Gasteiger partial charge in [0.15, 0.2) is 29.8 Å².